The molecule has 0 heterocycles. The van der Waals surface area contributed by atoms with Crippen molar-refractivity contribution in [1.82, 2.24) is 10.2 Å². The molecule has 7 nitrogen and oxygen atoms in total. The van der Waals surface area contributed by atoms with Crippen LogP contribution >= 0.6 is 11.6 Å². The number of rotatable bonds is 13. The molecule has 0 bridgehead atoms. The third-order valence-corrected chi connectivity index (χ3v) is 7.43. The number of anilines is 1. The zero-order chi connectivity index (χ0) is 31.4. The van der Waals surface area contributed by atoms with Gasteiger partial charge in [0.15, 0.2) is 0 Å². The van der Waals surface area contributed by atoms with E-state index in [0.29, 0.717) is 41.2 Å². The van der Waals surface area contributed by atoms with Gasteiger partial charge in [0, 0.05) is 12.1 Å². The van der Waals surface area contributed by atoms with E-state index in [4.69, 9.17) is 22.8 Å². The lowest BCUT2D eigenvalue weighted by molar-refractivity contribution is -0.142. The van der Waals surface area contributed by atoms with E-state index in [2.05, 4.69) is 23.5 Å². The number of nitrogens with zero attached hydrogens (tertiary/aromatic N) is 1. The van der Waals surface area contributed by atoms with Gasteiger partial charge in [-0.15, -0.1) is 6.42 Å². The largest absolute Gasteiger partial charge is 0.444 e. The van der Waals surface area contributed by atoms with Gasteiger partial charge in [-0.3, -0.25) is 9.59 Å². The lowest BCUT2D eigenvalue weighted by Gasteiger charge is -2.36. The lowest BCUT2D eigenvalue weighted by Crippen LogP contribution is -2.55. The summed E-state index contributed by atoms with van der Waals surface area (Å²) in [5.41, 5.74) is 1.80. The maximum Gasteiger partial charge on any atom is 0.408 e. The third-order valence-electron chi connectivity index (χ3n) is 7.11. The zero-order valence-corrected chi connectivity index (χ0v) is 26.8. The molecule has 0 fully saturated rings. The van der Waals surface area contributed by atoms with E-state index in [1.807, 2.05) is 32.9 Å². The smallest absolute Gasteiger partial charge is 0.408 e. The van der Waals surface area contributed by atoms with Crippen molar-refractivity contribution in [2.24, 2.45) is 5.92 Å². The average molecular weight is 596 g/mol. The van der Waals surface area contributed by atoms with E-state index in [1.165, 1.54) is 0 Å². The van der Waals surface area contributed by atoms with Crippen LogP contribution in [0.2, 0.25) is 5.02 Å². The molecule has 3 amide bonds. The van der Waals surface area contributed by atoms with E-state index in [9.17, 15) is 14.4 Å². The van der Waals surface area contributed by atoms with Crippen LogP contribution in [0.15, 0.2) is 42.5 Å². The number of amides is 3. The molecule has 3 unspecified atom stereocenters. The van der Waals surface area contributed by atoms with Crippen LogP contribution in [0.4, 0.5) is 10.5 Å². The Bertz CT molecular complexity index is 1230. The maximum absolute atomic E-state index is 14.5. The molecular weight excluding hydrogens is 550 g/mol. The maximum atomic E-state index is 14.5. The molecule has 2 N–H and O–H groups in total. The normalized spacial score (nSPS) is 13.3. The van der Waals surface area contributed by atoms with Crippen LogP contribution in [0.1, 0.15) is 96.4 Å². The highest BCUT2D eigenvalue weighted by molar-refractivity contribution is 6.34. The Balaban J connectivity index is 2.62. The molecule has 0 radical (unpaired) electrons. The Morgan fingerprint density at radius 2 is 1.71 bits per heavy atom. The van der Waals surface area contributed by atoms with Gasteiger partial charge in [-0.1, -0.05) is 88.2 Å². The van der Waals surface area contributed by atoms with E-state index in [-0.39, 0.29) is 11.8 Å². The average Bonchev–Trinajstić information content (AvgIpc) is 2.93. The minimum Gasteiger partial charge on any atom is -0.444 e. The van der Waals surface area contributed by atoms with Gasteiger partial charge in [0.25, 0.3) is 5.91 Å². The number of carbonyl (C=O) groups is 3. The minimum atomic E-state index is -1.01. The Labute approximate surface area is 256 Å². The first kappa shape index (κ1) is 34.7. The highest BCUT2D eigenvalue weighted by Crippen LogP contribution is 2.30. The van der Waals surface area contributed by atoms with Crippen molar-refractivity contribution < 1.29 is 19.1 Å². The molecule has 0 saturated carbocycles. The number of unbranched alkanes of at least 4 members (excludes halogenated alkanes) is 3. The fourth-order valence-corrected chi connectivity index (χ4v) is 4.86. The molecule has 228 valence electrons. The van der Waals surface area contributed by atoms with Gasteiger partial charge in [-0.25, -0.2) is 4.79 Å². The number of hydrogen-bond donors (Lipinski definition) is 2. The van der Waals surface area contributed by atoms with Gasteiger partial charge in [-0.2, -0.15) is 0 Å². The first-order valence-corrected chi connectivity index (χ1v) is 15.1. The lowest BCUT2D eigenvalue weighted by atomic mass is 9.95. The molecule has 2 rings (SSSR count). The summed E-state index contributed by atoms with van der Waals surface area (Å²) < 4.78 is 5.50. The fraction of sp³-hybridized carbons (Fsp3) is 0.500. The third kappa shape index (κ3) is 10.1. The van der Waals surface area contributed by atoms with Crippen LogP contribution < -0.4 is 10.6 Å². The molecule has 0 aliphatic heterocycles. The zero-order valence-electron chi connectivity index (χ0n) is 26.1. The molecular formula is C34H46ClN3O4. The summed E-state index contributed by atoms with van der Waals surface area (Å²) in [6.07, 6.45) is 9.14. The molecule has 0 aliphatic rings. The standard InChI is InChI=1S/C34H46ClN3O4/c1-9-12-13-14-22-38(32(40)29(23(4)10-2)37-33(41)42-34(6,7)8)30(26-20-18-25(11-3)19-21-26)31(39)36-28-24(5)16-15-17-27(28)35/h3,15-21,23,29-30H,9-10,12-14,22H2,1-2,4-8H3,(H,36,39)(H,37,41). The van der Waals surface area contributed by atoms with Crippen LogP contribution in [0.25, 0.3) is 0 Å². The summed E-state index contributed by atoms with van der Waals surface area (Å²) >= 11 is 6.47. The number of benzene rings is 2. The summed E-state index contributed by atoms with van der Waals surface area (Å²) in [5.74, 6) is 1.61. The van der Waals surface area contributed by atoms with E-state index >= 15 is 0 Å². The summed E-state index contributed by atoms with van der Waals surface area (Å²) in [7, 11) is 0. The van der Waals surface area contributed by atoms with Gasteiger partial charge in [0.05, 0.1) is 10.7 Å². The summed E-state index contributed by atoms with van der Waals surface area (Å²) in [5, 5.41) is 6.18. The molecule has 2 aromatic rings. The number of aryl methyl sites for hydroxylation is 1. The summed E-state index contributed by atoms with van der Waals surface area (Å²) in [6, 6.07) is 10.5. The Hall–Kier alpha value is -3.50. The highest BCUT2D eigenvalue weighted by atomic mass is 35.5. The minimum absolute atomic E-state index is 0.221. The second kappa shape index (κ2) is 16.2. The monoisotopic (exact) mass is 595 g/mol. The number of carbonyl (C=O) groups excluding carboxylic acids is 3. The predicted molar refractivity (Wildman–Crippen MR) is 170 cm³/mol. The molecule has 0 saturated heterocycles. The molecule has 42 heavy (non-hydrogen) atoms. The topological polar surface area (TPSA) is 87.7 Å². The first-order valence-electron chi connectivity index (χ1n) is 14.7. The molecule has 0 aromatic heterocycles. The van der Waals surface area contributed by atoms with Crippen LogP contribution in [0.3, 0.4) is 0 Å². The molecule has 2 aromatic carbocycles. The number of halogens is 1. The number of alkyl carbamates (subject to hydrolysis) is 1. The van der Waals surface area contributed by atoms with Crippen molar-refractivity contribution >= 4 is 35.2 Å². The molecule has 3 atom stereocenters. The van der Waals surface area contributed by atoms with Crippen molar-refractivity contribution in [2.75, 3.05) is 11.9 Å². The predicted octanol–water partition coefficient (Wildman–Crippen LogP) is 7.66. The van der Waals surface area contributed by atoms with Crippen LogP contribution in [0.5, 0.6) is 0 Å². The van der Waals surface area contributed by atoms with Gasteiger partial charge < -0.3 is 20.3 Å². The van der Waals surface area contributed by atoms with Crippen molar-refractivity contribution in [1.29, 1.82) is 0 Å². The molecule has 0 spiro atoms. The van der Waals surface area contributed by atoms with Crippen LogP contribution in [0, 0.1) is 25.2 Å². The number of nitrogens with one attached hydrogen (secondary N) is 2. The van der Waals surface area contributed by atoms with Crippen LogP contribution in [-0.2, 0) is 14.3 Å². The van der Waals surface area contributed by atoms with Crippen molar-refractivity contribution in [3.8, 4) is 12.3 Å². The Morgan fingerprint density at radius 3 is 2.26 bits per heavy atom. The van der Waals surface area contributed by atoms with Gasteiger partial charge in [0.1, 0.15) is 17.7 Å². The number of para-hydroxylation sites is 1. The van der Waals surface area contributed by atoms with Gasteiger partial charge in [0.2, 0.25) is 5.91 Å². The van der Waals surface area contributed by atoms with Gasteiger partial charge >= 0.3 is 6.09 Å². The summed E-state index contributed by atoms with van der Waals surface area (Å²) in [6.45, 7) is 13.4. The first-order chi connectivity index (χ1) is 19.8. The van der Waals surface area contributed by atoms with Crippen molar-refractivity contribution in [3.05, 3.63) is 64.2 Å². The molecule has 0 aliphatic carbocycles. The van der Waals surface area contributed by atoms with E-state index in [1.54, 1.807) is 56.0 Å². The SMILES string of the molecule is C#Cc1ccc(C(C(=O)Nc2c(C)cccc2Cl)N(CCCCCC)C(=O)C(NC(=O)OC(C)(C)C)C(C)CC)cc1. The van der Waals surface area contributed by atoms with E-state index in [0.717, 1.165) is 24.8 Å². The Kier molecular flexibility index (Phi) is 13.4. The second-order valence-electron chi connectivity index (χ2n) is 11.7. The van der Waals surface area contributed by atoms with E-state index < -0.39 is 29.7 Å². The quantitative estimate of drug-likeness (QED) is 0.184. The van der Waals surface area contributed by atoms with Crippen molar-refractivity contribution in [3.63, 3.8) is 0 Å². The van der Waals surface area contributed by atoms with Crippen LogP contribution in [-0.4, -0.2) is 41.0 Å². The number of ether oxygens (including phenoxy) is 1. The fourth-order valence-electron chi connectivity index (χ4n) is 4.59. The second-order valence-corrected chi connectivity index (χ2v) is 12.1. The molecule has 8 heteroatoms. The number of hydrogen-bond acceptors (Lipinski definition) is 4. The van der Waals surface area contributed by atoms with Crippen molar-refractivity contribution in [2.45, 2.75) is 98.3 Å². The summed E-state index contributed by atoms with van der Waals surface area (Å²) in [4.78, 5) is 43.1. The highest BCUT2D eigenvalue weighted by Gasteiger charge is 2.38. The number of terminal acetylenes is 1. The van der Waals surface area contributed by atoms with Gasteiger partial charge in [-0.05, 0) is 69.4 Å². The Morgan fingerprint density at radius 1 is 1.05 bits per heavy atom.